The largest absolute Gasteiger partial charge is 0.481 e. The molecule has 0 heterocycles. The average molecular weight is 608 g/mol. The minimum absolute atomic E-state index is 0.00195. The van der Waals surface area contributed by atoms with Gasteiger partial charge in [0.05, 0.1) is 12.3 Å². The Labute approximate surface area is 256 Å². The van der Waals surface area contributed by atoms with E-state index in [9.17, 15) is 39.0 Å². The standard InChI is InChI=1S/C34H41NO9/c1-32-14-12-22(36)16-21(32)8-9-23-25-13-15-34(43,33(25,2)17-26(37)30(23)32)27(38)19-44-29(40)11-10-28(39)35-18-24(31(41)42)20-6-4-3-5-7-20/h3-7,16,23-25,30,43H,8-15,17-19H2,1-2H3,(H,35,39)(H,41,42)/t23-,24+,25-,30+,32+,33+,34+/m1/s1. The Balaban J connectivity index is 1.15. The second-order valence-corrected chi connectivity index (χ2v) is 13.5. The quantitative estimate of drug-likeness (QED) is 0.339. The van der Waals surface area contributed by atoms with Crippen LogP contribution >= 0.6 is 0 Å². The highest BCUT2D eigenvalue weighted by Gasteiger charge is 2.68. The Hall–Kier alpha value is -3.66. The number of Topliss-reactive ketones (excluding diaryl/α,β-unsaturated/α-hetero) is 2. The highest BCUT2D eigenvalue weighted by atomic mass is 16.5. The van der Waals surface area contributed by atoms with Crippen molar-refractivity contribution >= 4 is 35.2 Å². The van der Waals surface area contributed by atoms with Crippen LogP contribution in [0.25, 0.3) is 0 Å². The lowest BCUT2D eigenvalue weighted by Gasteiger charge is -2.57. The van der Waals surface area contributed by atoms with Gasteiger partial charge in [0.15, 0.2) is 12.4 Å². The number of aliphatic carboxylic acids is 1. The molecule has 4 aliphatic carbocycles. The van der Waals surface area contributed by atoms with Crippen LogP contribution < -0.4 is 5.32 Å². The molecule has 3 fully saturated rings. The monoisotopic (exact) mass is 607 g/mol. The van der Waals surface area contributed by atoms with Crippen LogP contribution in [0.1, 0.15) is 83.1 Å². The van der Waals surface area contributed by atoms with Crippen LogP contribution in [-0.4, -0.2) is 64.2 Å². The van der Waals surface area contributed by atoms with Crippen LogP contribution in [0.3, 0.4) is 0 Å². The van der Waals surface area contributed by atoms with Gasteiger partial charge in [0, 0.05) is 37.1 Å². The summed E-state index contributed by atoms with van der Waals surface area (Å²) in [7, 11) is 0. The number of fused-ring (bicyclic) bond motifs is 5. The molecule has 1 amide bonds. The Morgan fingerprint density at radius 1 is 1.02 bits per heavy atom. The minimum atomic E-state index is -1.82. The Morgan fingerprint density at radius 2 is 1.75 bits per heavy atom. The fourth-order valence-electron chi connectivity index (χ4n) is 8.74. The van der Waals surface area contributed by atoms with Crippen molar-refractivity contribution in [1.82, 2.24) is 5.32 Å². The van der Waals surface area contributed by atoms with Crippen LogP contribution in [0.4, 0.5) is 0 Å². The number of hydrogen-bond acceptors (Lipinski definition) is 8. The number of allylic oxidation sites excluding steroid dienone is 1. The summed E-state index contributed by atoms with van der Waals surface area (Å²) >= 11 is 0. The van der Waals surface area contributed by atoms with Gasteiger partial charge in [0.2, 0.25) is 11.7 Å². The highest BCUT2D eigenvalue weighted by molar-refractivity contribution is 5.95. The fraction of sp³-hybridized carbons (Fsp3) is 0.588. The number of hydrogen-bond donors (Lipinski definition) is 3. The third-order valence-electron chi connectivity index (χ3n) is 11.2. The lowest BCUT2D eigenvalue weighted by atomic mass is 9.46. The normalized spacial score (nSPS) is 33.2. The number of rotatable bonds is 10. The summed E-state index contributed by atoms with van der Waals surface area (Å²) in [6, 6.07) is 8.49. The predicted molar refractivity (Wildman–Crippen MR) is 157 cm³/mol. The molecule has 5 rings (SSSR count). The van der Waals surface area contributed by atoms with Crippen molar-refractivity contribution in [2.24, 2.45) is 28.6 Å². The average Bonchev–Trinajstić information content (AvgIpc) is 3.26. The number of carboxylic acid groups (broad SMARTS) is 1. The van der Waals surface area contributed by atoms with Gasteiger partial charge in [-0.15, -0.1) is 0 Å². The van der Waals surface area contributed by atoms with E-state index in [0.717, 1.165) is 18.4 Å². The maximum Gasteiger partial charge on any atom is 0.312 e. The SMILES string of the molecule is C[C@]12CCC(=O)C=C1CC[C@H]1[C@H]2C(=O)C[C@@]2(C)[C@@H]1CC[C@]2(O)C(=O)COC(=O)CCC(=O)NC[C@H](C(=O)O)c1ccccc1. The van der Waals surface area contributed by atoms with Crippen LogP contribution in [-0.2, 0) is 33.5 Å². The Bertz CT molecular complexity index is 1400. The molecule has 0 saturated heterocycles. The maximum absolute atomic E-state index is 13.8. The summed E-state index contributed by atoms with van der Waals surface area (Å²) in [5.74, 6) is -4.17. The number of benzene rings is 1. The van der Waals surface area contributed by atoms with Crippen molar-refractivity contribution in [3.8, 4) is 0 Å². The van der Waals surface area contributed by atoms with Gasteiger partial charge in [-0.2, -0.15) is 0 Å². The van der Waals surface area contributed by atoms with Crippen LogP contribution in [0, 0.1) is 28.6 Å². The molecule has 10 nitrogen and oxygen atoms in total. The lowest BCUT2D eigenvalue weighted by Crippen LogP contribution is -2.61. The van der Waals surface area contributed by atoms with E-state index in [0.29, 0.717) is 24.8 Å². The molecule has 4 aliphatic rings. The van der Waals surface area contributed by atoms with Gasteiger partial charge in [-0.05, 0) is 61.0 Å². The number of carboxylic acids is 1. The number of ketones is 3. The van der Waals surface area contributed by atoms with Gasteiger partial charge in [0.1, 0.15) is 11.4 Å². The van der Waals surface area contributed by atoms with Crippen molar-refractivity contribution in [2.75, 3.05) is 13.2 Å². The van der Waals surface area contributed by atoms with Crippen molar-refractivity contribution in [3.63, 3.8) is 0 Å². The van der Waals surface area contributed by atoms with Crippen molar-refractivity contribution in [1.29, 1.82) is 0 Å². The zero-order chi connectivity index (χ0) is 31.9. The van der Waals surface area contributed by atoms with E-state index in [2.05, 4.69) is 12.2 Å². The molecule has 10 heteroatoms. The van der Waals surface area contributed by atoms with Gasteiger partial charge in [-0.3, -0.25) is 28.8 Å². The predicted octanol–water partition coefficient (Wildman–Crippen LogP) is 3.31. The van der Waals surface area contributed by atoms with Crippen molar-refractivity contribution in [3.05, 3.63) is 47.5 Å². The van der Waals surface area contributed by atoms with Gasteiger partial charge < -0.3 is 20.3 Å². The number of esters is 1. The third kappa shape index (κ3) is 5.53. The second-order valence-electron chi connectivity index (χ2n) is 13.5. The summed E-state index contributed by atoms with van der Waals surface area (Å²) in [5.41, 5.74) is -1.60. The van der Waals surface area contributed by atoms with Crippen molar-refractivity contribution < 1.29 is 43.7 Å². The third-order valence-corrected chi connectivity index (χ3v) is 11.2. The first-order valence-corrected chi connectivity index (χ1v) is 15.5. The Morgan fingerprint density at radius 3 is 2.45 bits per heavy atom. The molecule has 0 radical (unpaired) electrons. The van der Waals surface area contributed by atoms with Crippen molar-refractivity contribution in [2.45, 2.75) is 83.2 Å². The first-order valence-electron chi connectivity index (χ1n) is 15.5. The summed E-state index contributed by atoms with van der Waals surface area (Å²) < 4.78 is 5.17. The second kappa shape index (κ2) is 12.0. The molecular formula is C34H41NO9. The van der Waals surface area contributed by atoms with Gasteiger partial charge >= 0.3 is 11.9 Å². The van der Waals surface area contributed by atoms with Crippen LogP contribution in [0.5, 0.6) is 0 Å². The number of carbonyl (C=O) groups is 6. The molecule has 0 aromatic heterocycles. The highest BCUT2D eigenvalue weighted by Crippen LogP contribution is 2.66. The number of nitrogens with one attached hydrogen (secondary N) is 1. The molecule has 3 N–H and O–H groups in total. The van der Waals surface area contributed by atoms with E-state index >= 15 is 0 Å². The first-order chi connectivity index (χ1) is 20.8. The molecule has 0 spiro atoms. The summed E-state index contributed by atoms with van der Waals surface area (Å²) in [6.45, 7) is 3.08. The maximum atomic E-state index is 13.8. The molecular weight excluding hydrogens is 566 g/mol. The van der Waals surface area contributed by atoms with E-state index in [1.54, 1.807) is 43.3 Å². The summed E-state index contributed by atoms with van der Waals surface area (Å²) in [5, 5.41) is 23.8. The molecule has 0 unspecified atom stereocenters. The molecule has 0 aliphatic heterocycles. The smallest absolute Gasteiger partial charge is 0.312 e. The molecule has 3 saturated carbocycles. The van der Waals surface area contributed by atoms with E-state index in [4.69, 9.17) is 4.74 Å². The van der Waals surface area contributed by atoms with E-state index in [1.165, 1.54) is 0 Å². The number of amides is 1. The molecule has 1 aromatic rings. The fourth-order valence-corrected chi connectivity index (χ4v) is 8.74. The molecule has 0 bridgehead atoms. The van der Waals surface area contributed by atoms with Gasteiger partial charge in [-0.1, -0.05) is 49.8 Å². The van der Waals surface area contributed by atoms with Crippen LogP contribution in [0.15, 0.2) is 42.0 Å². The van der Waals surface area contributed by atoms with Crippen LogP contribution in [0.2, 0.25) is 0 Å². The van der Waals surface area contributed by atoms with Gasteiger partial charge in [-0.25, -0.2) is 0 Å². The molecule has 44 heavy (non-hydrogen) atoms. The molecule has 1 aromatic carbocycles. The van der Waals surface area contributed by atoms with E-state index in [1.807, 2.05) is 0 Å². The molecule has 7 atom stereocenters. The zero-order valence-electron chi connectivity index (χ0n) is 25.3. The number of aliphatic hydroxyl groups is 1. The summed E-state index contributed by atoms with van der Waals surface area (Å²) in [6.07, 6.45) is 4.47. The Kier molecular flexibility index (Phi) is 8.68. The van der Waals surface area contributed by atoms with Gasteiger partial charge in [0.25, 0.3) is 0 Å². The zero-order valence-corrected chi connectivity index (χ0v) is 25.3. The summed E-state index contributed by atoms with van der Waals surface area (Å²) in [4.78, 5) is 75.6. The van der Waals surface area contributed by atoms with E-state index in [-0.39, 0.29) is 67.0 Å². The minimum Gasteiger partial charge on any atom is -0.481 e. The lowest BCUT2D eigenvalue weighted by molar-refractivity contribution is -0.173. The topological polar surface area (TPSA) is 164 Å². The first kappa shape index (κ1) is 31.8. The molecule has 236 valence electrons. The number of ether oxygens (including phenoxy) is 1. The van der Waals surface area contributed by atoms with E-state index < -0.39 is 47.2 Å². The number of carbonyl (C=O) groups excluding carboxylic acids is 5.